The van der Waals surface area contributed by atoms with Crippen LogP contribution < -0.4 is 10.6 Å². The van der Waals surface area contributed by atoms with Crippen molar-refractivity contribution in [2.24, 2.45) is 5.92 Å². The summed E-state index contributed by atoms with van der Waals surface area (Å²) >= 11 is 0. The first-order valence-corrected chi connectivity index (χ1v) is 6.15. The lowest BCUT2D eigenvalue weighted by molar-refractivity contribution is -0.144. The van der Waals surface area contributed by atoms with Gasteiger partial charge in [-0.25, -0.2) is 0 Å². The monoisotopic (exact) mass is 240 g/mol. The van der Waals surface area contributed by atoms with Gasteiger partial charge in [-0.05, 0) is 39.5 Å². The van der Waals surface area contributed by atoms with E-state index in [0.29, 0.717) is 19.4 Å². The minimum atomic E-state index is -0.695. The highest BCUT2D eigenvalue weighted by Crippen LogP contribution is 2.35. The number of carbonyl (C=O) groups excluding carboxylic acids is 1. The number of aliphatic carboxylic acids is 1. The van der Waals surface area contributed by atoms with Crippen LogP contribution in [0.3, 0.4) is 0 Å². The van der Waals surface area contributed by atoms with E-state index in [9.17, 15) is 9.59 Å². The van der Waals surface area contributed by atoms with Gasteiger partial charge in [0.05, 0.1) is 11.5 Å². The SMILES string of the molecule is CC1(C)NC2(CCC(C(=O)O)CC2)CNC1=O. The van der Waals surface area contributed by atoms with Crippen LogP contribution >= 0.6 is 0 Å². The van der Waals surface area contributed by atoms with Crippen molar-refractivity contribution >= 4 is 11.9 Å². The van der Waals surface area contributed by atoms with Crippen molar-refractivity contribution < 1.29 is 14.7 Å². The Kier molecular flexibility index (Phi) is 2.89. The summed E-state index contributed by atoms with van der Waals surface area (Å²) in [4.78, 5) is 22.6. The standard InChI is InChI=1S/C12H20N2O3/c1-11(2)10(17)13-7-12(14-11)5-3-8(4-6-12)9(15)16/h8,14H,3-7H2,1-2H3,(H,13,17)(H,15,16). The van der Waals surface area contributed by atoms with Gasteiger partial charge < -0.3 is 10.4 Å². The van der Waals surface area contributed by atoms with E-state index in [1.54, 1.807) is 0 Å². The highest BCUT2D eigenvalue weighted by Gasteiger charge is 2.46. The number of amides is 1. The summed E-state index contributed by atoms with van der Waals surface area (Å²) in [7, 11) is 0. The van der Waals surface area contributed by atoms with Crippen LogP contribution in [-0.2, 0) is 9.59 Å². The molecular weight excluding hydrogens is 220 g/mol. The van der Waals surface area contributed by atoms with E-state index in [1.807, 2.05) is 13.8 Å². The number of rotatable bonds is 1. The number of carbonyl (C=O) groups is 2. The molecule has 1 aliphatic carbocycles. The molecule has 1 heterocycles. The van der Waals surface area contributed by atoms with E-state index < -0.39 is 11.5 Å². The van der Waals surface area contributed by atoms with E-state index in [0.717, 1.165) is 12.8 Å². The second kappa shape index (κ2) is 3.98. The third kappa shape index (κ3) is 2.29. The van der Waals surface area contributed by atoms with Crippen molar-refractivity contribution in [2.45, 2.75) is 50.6 Å². The number of carboxylic acid groups (broad SMARTS) is 1. The molecule has 5 nitrogen and oxygen atoms in total. The summed E-state index contributed by atoms with van der Waals surface area (Å²) in [6, 6.07) is 0. The van der Waals surface area contributed by atoms with Gasteiger partial charge in [0.15, 0.2) is 0 Å². The molecule has 96 valence electrons. The predicted molar refractivity (Wildman–Crippen MR) is 62.5 cm³/mol. The van der Waals surface area contributed by atoms with Gasteiger partial charge in [0.2, 0.25) is 5.91 Å². The molecule has 2 rings (SSSR count). The highest BCUT2D eigenvalue weighted by atomic mass is 16.4. The fourth-order valence-corrected chi connectivity index (χ4v) is 2.95. The summed E-state index contributed by atoms with van der Waals surface area (Å²) in [6.07, 6.45) is 3.00. The Morgan fingerprint density at radius 3 is 2.41 bits per heavy atom. The molecule has 1 saturated carbocycles. The maximum Gasteiger partial charge on any atom is 0.306 e. The molecule has 5 heteroatoms. The Balaban J connectivity index is 2.04. The average molecular weight is 240 g/mol. The summed E-state index contributed by atoms with van der Waals surface area (Å²) < 4.78 is 0. The van der Waals surface area contributed by atoms with Crippen molar-refractivity contribution in [3.63, 3.8) is 0 Å². The van der Waals surface area contributed by atoms with E-state index >= 15 is 0 Å². The van der Waals surface area contributed by atoms with Gasteiger partial charge in [0, 0.05) is 12.1 Å². The smallest absolute Gasteiger partial charge is 0.306 e. The molecule has 1 saturated heterocycles. The second-order valence-electron chi connectivity index (χ2n) is 5.83. The molecule has 1 aliphatic heterocycles. The Hall–Kier alpha value is -1.10. The quantitative estimate of drug-likeness (QED) is 0.623. The zero-order chi connectivity index (χ0) is 12.7. The van der Waals surface area contributed by atoms with Crippen LogP contribution in [0.2, 0.25) is 0 Å². The van der Waals surface area contributed by atoms with Crippen molar-refractivity contribution in [1.29, 1.82) is 0 Å². The Labute approximate surface area is 101 Å². The molecule has 0 bridgehead atoms. The molecule has 0 aromatic carbocycles. The first kappa shape index (κ1) is 12.4. The van der Waals surface area contributed by atoms with E-state index in [2.05, 4.69) is 10.6 Å². The summed E-state index contributed by atoms with van der Waals surface area (Å²) in [5.41, 5.74) is -0.669. The van der Waals surface area contributed by atoms with Gasteiger partial charge in [-0.2, -0.15) is 0 Å². The number of hydrogen-bond donors (Lipinski definition) is 3. The molecule has 0 atom stereocenters. The zero-order valence-corrected chi connectivity index (χ0v) is 10.4. The second-order valence-corrected chi connectivity index (χ2v) is 5.83. The Morgan fingerprint density at radius 2 is 1.94 bits per heavy atom. The van der Waals surface area contributed by atoms with Gasteiger partial charge >= 0.3 is 5.97 Å². The largest absolute Gasteiger partial charge is 0.481 e. The topological polar surface area (TPSA) is 78.4 Å². The lowest BCUT2D eigenvalue weighted by Gasteiger charge is -2.48. The molecule has 0 radical (unpaired) electrons. The molecule has 0 unspecified atom stereocenters. The fraction of sp³-hybridized carbons (Fsp3) is 0.833. The van der Waals surface area contributed by atoms with E-state index in [1.165, 1.54) is 0 Å². The molecular formula is C12H20N2O3. The molecule has 1 spiro atoms. The van der Waals surface area contributed by atoms with Crippen molar-refractivity contribution in [1.82, 2.24) is 10.6 Å². The molecule has 3 N–H and O–H groups in total. The fourth-order valence-electron chi connectivity index (χ4n) is 2.95. The third-order valence-electron chi connectivity index (χ3n) is 4.02. The number of carboxylic acids is 1. The first-order chi connectivity index (χ1) is 7.85. The lowest BCUT2D eigenvalue weighted by atomic mass is 9.74. The Bertz CT molecular complexity index is 344. The normalized spacial score (nSPS) is 36.6. The van der Waals surface area contributed by atoms with Crippen molar-refractivity contribution in [3.8, 4) is 0 Å². The summed E-state index contributed by atoms with van der Waals surface area (Å²) in [6.45, 7) is 4.35. The summed E-state index contributed by atoms with van der Waals surface area (Å²) in [5, 5.41) is 15.3. The lowest BCUT2D eigenvalue weighted by Crippen LogP contribution is -2.71. The van der Waals surface area contributed by atoms with Crippen LogP contribution in [0.1, 0.15) is 39.5 Å². The average Bonchev–Trinajstić information content (AvgIpc) is 2.24. The van der Waals surface area contributed by atoms with Gasteiger partial charge in [-0.3, -0.25) is 14.9 Å². The molecule has 1 amide bonds. The Morgan fingerprint density at radius 1 is 1.35 bits per heavy atom. The maximum absolute atomic E-state index is 11.6. The van der Waals surface area contributed by atoms with Crippen LogP contribution in [0, 0.1) is 5.92 Å². The molecule has 0 aromatic heterocycles. The number of hydrogen-bond acceptors (Lipinski definition) is 3. The number of piperazine rings is 1. The van der Waals surface area contributed by atoms with Gasteiger partial charge in [0.25, 0.3) is 0 Å². The summed E-state index contributed by atoms with van der Waals surface area (Å²) in [5.74, 6) is -0.898. The van der Waals surface area contributed by atoms with Crippen LogP contribution in [0.25, 0.3) is 0 Å². The van der Waals surface area contributed by atoms with Crippen LogP contribution in [0.5, 0.6) is 0 Å². The van der Waals surface area contributed by atoms with Crippen molar-refractivity contribution in [2.75, 3.05) is 6.54 Å². The molecule has 2 aliphatic rings. The van der Waals surface area contributed by atoms with Crippen LogP contribution in [0.15, 0.2) is 0 Å². The van der Waals surface area contributed by atoms with Crippen molar-refractivity contribution in [3.05, 3.63) is 0 Å². The van der Waals surface area contributed by atoms with Crippen LogP contribution in [0.4, 0.5) is 0 Å². The third-order valence-corrected chi connectivity index (χ3v) is 4.02. The van der Waals surface area contributed by atoms with Gasteiger partial charge in [-0.1, -0.05) is 0 Å². The minimum absolute atomic E-state index is 0.0171. The van der Waals surface area contributed by atoms with E-state index in [-0.39, 0.29) is 17.4 Å². The highest BCUT2D eigenvalue weighted by molar-refractivity contribution is 5.86. The van der Waals surface area contributed by atoms with Crippen LogP contribution in [-0.4, -0.2) is 34.6 Å². The number of nitrogens with one attached hydrogen (secondary N) is 2. The molecule has 17 heavy (non-hydrogen) atoms. The van der Waals surface area contributed by atoms with Gasteiger partial charge in [-0.15, -0.1) is 0 Å². The molecule has 2 fully saturated rings. The minimum Gasteiger partial charge on any atom is -0.481 e. The van der Waals surface area contributed by atoms with E-state index in [4.69, 9.17) is 5.11 Å². The predicted octanol–water partition coefficient (Wildman–Crippen LogP) is 0.498. The zero-order valence-electron chi connectivity index (χ0n) is 10.4. The van der Waals surface area contributed by atoms with Gasteiger partial charge in [0.1, 0.15) is 0 Å². The first-order valence-electron chi connectivity index (χ1n) is 6.15. The maximum atomic E-state index is 11.6. The molecule has 0 aromatic rings.